The van der Waals surface area contributed by atoms with Gasteiger partial charge in [0.05, 0.1) is 6.04 Å². The van der Waals surface area contributed by atoms with Crippen LogP contribution in [0, 0.1) is 5.41 Å². The molecule has 2 aliphatic heterocycles. The summed E-state index contributed by atoms with van der Waals surface area (Å²) in [6.07, 6.45) is 0.885. The molecule has 118 valence electrons. The van der Waals surface area contributed by atoms with Gasteiger partial charge < -0.3 is 19.3 Å². The molecular weight excluding hydrogens is 281 g/mol. The molecule has 2 aliphatic rings. The molecule has 0 spiro atoms. The van der Waals surface area contributed by atoms with Crippen LogP contribution in [-0.4, -0.2) is 43.0 Å². The molecule has 1 aromatic carbocycles. The molecule has 1 atom stereocenters. The third kappa shape index (κ3) is 2.98. The van der Waals surface area contributed by atoms with Crippen molar-refractivity contribution in [1.29, 1.82) is 0 Å². The smallest absolute Gasteiger partial charge is 0.465 e. The Labute approximate surface area is 131 Å². The average molecular weight is 303 g/mol. The maximum Gasteiger partial charge on any atom is 0.494 e. The number of nitrogens with zero attached hydrogens (tertiary/aromatic N) is 1. The number of likely N-dealkylation sites (tertiary alicyclic amines) is 1. The molecule has 0 aromatic heterocycles. The van der Waals surface area contributed by atoms with Crippen molar-refractivity contribution in [3.8, 4) is 0 Å². The Hall–Kier alpha value is -1.53. The number of benzene rings is 1. The quantitative estimate of drug-likeness (QED) is 0.852. The van der Waals surface area contributed by atoms with Crippen LogP contribution in [0.4, 0.5) is 4.79 Å². The van der Waals surface area contributed by atoms with E-state index >= 15 is 0 Å². The molecular formula is C16H22BNO4. The summed E-state index contributed by atoms with van der Waals surface area (Å²) in [6, 6.07) is 7.77. The van der Waals surface area contributed by atoms with Crippen molar-refractivity contribution in [3.63, 3.8) is 0 Å². The van der Waals surface area contributed by atoms with Crippen LogP contribution in [-0.2, 0) is 9.31 Å². The Kier molecular flexibility index (Phi) is 4.15. The van der Waals surface area contributed by atoms with E-state index in [1.165, 1.54) is 4.90 Å². The molecule has 2 fully saturated rings. The monoisotopic (exact) mass is 303 g/mol. The van der Waals surface area contributed by atoms with Crippen molar-refractivity contribution < 1.29 is 19.2 Å². The lowest BCUT2D eigenvalue weighted by Gasteiger charge is -2.34. The van der Waals surface area contributed by atoms with E-state index < -0.39 is 13.2 Å². The minimum atomic E-state index is -0.857. The van der Waals surface area contributed by atoms with E-state index in [4.69, 9.17) is 9.31 Å². The Bertz CT molecular complexity index is 553. The van der Waals surface area contributed by atoms with E-state index in [-0.39, 0.29) is 11.5 Å². The first-order valence-corrected chi connectivity index (χ1v) is 7.79. The van der Waals surface area contributed by atoms with E-state index in [1.807, 2.05) is 24.3 Å². The zero-order valence-corrected chi connectivity index (χ0v) is 13.1. The zero-order chi connectivity index (χ0) is 15.7. The summed E-state index contributed by atoms with van der Waals surface area (Å²) in [6.45, 7) is 6.09. The zero-order valence-electron chi connectivity index (χ0n) is 13.1. The van der Waals surface area contributed by atoms with Crippen LogP contribution in [0.1, 0.15) is 38.3 Å². The molecule has 5 nitrogen and oxygen atoms in total. The summed E-state index contributed by atoms with van der Waals surface area (Å²) in [5.41, 5.74) is 1.98. The minimum Gasteiger partial charge on any atom is -0.465 e. The molecule has 1 amide bonds. The summed E-state index contributed by atoms with van der Waals surface area (Å²) >= 11 is 0. The van der Waals surface area contributed by atoms with Crippen LogP contribution in [0.2, 0.25) is 0 Å². The Morgan fingerprint density at radius 1 is 1.32 bits per heavy atom. The fourth-order valence-corrected chi connectivity index (χ4v) is 3.22. The maximum absolute atomic E-state index is 11.4. The normalized spacial score (nSPS) is 24.5. The van der Waals surface area contributed by atoms with Crippen LogP contribution >= 0.6 is 0 Å². The molecule has 1 aromatic rings. The Balaban J connectivity index is 1.86. The van der Waals surface area contributed by atoms with Gasteiger partial charge in [0.25, 0.3) is 0 Å². The van der Waals surface area contributed by atoms with Gasteiger partial charge in [-0.15, -0.1) is 0 Å². The second-order valence-electron chi connectivity index (χ2n) is 6.88. The van der Waals surface area contributed by atoms with Gasteiger partial charge in [-0.05, 0) is 23.9 Å². The van der Waals surface area contributed by atoms with Gasteiger partial charge in [0.1, 0.15) is 0 Å². The van der Waals surface area contributed by atoms with E-state index in [0.29, 0.717) is 19.8 Å². The van der Waals surface area contributed by atoms with Crippen LogP contribution < -0.4 is 5.46 Å². The molecule has 2 saturated heterocycles. The molecule has 0 radical (unpaired) electrons. The van der Waals surface area contributed by atoms with E-state index in [2.05, 4.69) is 13.8 Å². The van der Waals surface area contributed by atoms with Gasteiger partial charge in [-0.1, -0.05) is 38.1 Å². The van der Waals surface area contributed by atoms with Gasteiger partial charge >= 0.3 is 13.2 Å². The predicted octanol–water partition coefficient (Wildman–Crippen LogP) is 2.27. The Morgan fingerprint density at radius 2 is 2.00 bits per heavy atom. The van der Waals surface area contributed by atoms with Gasteiger partial charge in [-0.3, -0.25) is 0 Å². The third-order valence-corrected chi connectivity index (χ3v) is 4.36. The van der Waals surface area contributed by atoms with Crippen molar-refractivity contribution in [3.05, 3.63) is 29.8 Å². The lowest BCUT2D eigenvalue weighted by Crippen LogP contribution is -2.49. The second kappa shape index (κ2) is 5.93. The number of rotatable bonds is 2. The standard InChI is InChI=1S/C16H22BNO4/c1-16(2)10-21-17(22-11-16)13-7-4-3-6-12(13)14-8-5-9-18(14)15(19)20/h3-4,6-7,14H,5,8-11H2,1-2H3,(H,19,20). The number of hydrogen-bond donors (Lipinski definition) is 1. The Morgan fingerprint density at radius 3 is 2.68 bits per heavy atom. The fraction of sp³-hybridized carbons (Fsp3) is 0.562. The highest BCUT2D eigenvalue weighted by molar-refractivity contribution is 6.62. The molecule has 1 unspecified atom stereocenters. The van der Waals surface area contributed by atoms with Crippen molar-refractivity contribution in [2.24, 2.45) is 5.41 Å². The lowest BCUT2D eigenvalue weighted by molar-refractivity contribution is 0.0341. The first kappa shape index (κ1) is 15.4. The topological polar surface area (TPSA) is 59.0 Å². The summed E-state index contributed by atoms with van der Waals surface area (Å²) in [7, 11) is -0.402. The highest BCUT2D eigenvalue weighted by Gasteiger charge is 2.38. The van der Waals surface area contributed by atoms with Gasteiger partial charge in [0, 0.05) is 25.2 Å². The van der Waals surface area contributed by atoms with Crippen molar-refractivity contribution in [2.45, 2.75) is 32.7 Å². The largest absolute Gasteiger partial charge is 0.494 e. The highest BCUT2D eigenvalue weighted by atomic mass is 16.6. The molecule has 3 rings (SSSR count). The van der Waals surface area contributed by atoms with Gasteiger partial charge in [-0.2, -0.15) is 0 Å². The van der Waals surface area contributed by atoms with E-state index in [1.54, 1.807) is 0 Å². The summed E-state index contributed by atoms with van der Waals surface area (Å²) in [4.78, 5) is 12.9. The van der Waals surface area contributed by atoms with Crippen LogP contribution in [0.3, 0.4) is 0 Å². The number of carbonyl (C=O) groups is 1. The lowest BCUT2D eigenvalue weighted by atomic mass is 9.72. The average Bonchev–Trinajstić information content (AvgIpc) is 2.97. The molecule has 2 heterocycles. The molecule has 0 bridgehead atoms. The molecule has 1 N–H and O–H groups in total. The van der Waals surface area contributed by atoms with Crippen LogP contribution in [0.5, 0.6) is 0 Å². The molecule has 0 aliphatic carbocycles. The fourth-order valence-electron chi connectivity index (χ4n) is 3.22. The highest BCUT2D eigenvalue weighted by Crippen LogP contribution is 2.32. The molecule has 6 heteroatoms. The summed E-state index contributed by atoms with van der Waals surface area (Å²) in [5.74, 6) is 0. The predicted molar refractivity (Wildman–Crippen MR) is 84.2 cm³/mol. The molecule has 0 saturated carbocycles. The van der Waals surface area contributed by atoms with Crippen molar-refractivity contribution in [1.82, 2.24) is 4.90 Å². The third-order valence-electron chi connectivity index (χ3n) is 4.36. The maximum atomic E-state index is 11.4. The SMILES string of the molecule is CC1(C)COB(c2ccccc2C2CCCN2C(=O)O)OC1. The van der Waals surface area contributed by atoms with Crippen molar-refractivity contribution >= 4 is 18.7 Å². The minimum absolute atomic E-state index is 0.0197. The summed E-state index contributed by atoms with van der Waals surface area (Å²) in [5, 5.41) is 9.38. The number of carboxylic acid groups (broad SMARTS) is 1. The molecule has 22 heavy (non-hydrogen) atoms. The second-order valence-corrected chi connectivity index (χ2v) is 6.88. The van der Waals surface area contributed by atoms with Crippen LogP contribution in [0.15, 0.2) is 24.3 Å². The first-order chi connectivity index (χ1) is 10.5. The van der Waals surface area contributed by atoms with Crippen LogP contribution in [0.25, 0.3) is 0 Å². The number of hydrogen-bond acceptors (Lipinski definition) is 3. The number of amides is 1. The van der Waals surface area contributed by atoms with Gasteiger partial charge in [0.15, 0.2) is 0 Å². The first-order valence-electron chi connectivity index (χ1n) is 7.79. The summed E-state index contributed by atoms with van der Waals surface area (Å²) < 4.78 is 11.8. The van der Waals surface area contributed by atoms with E-state index in [9.17, 15) is 9.90 Å². The van der Waals surface area contributed by atoms with Crippen molar-refractivity contribution in [2.75, 3.05) is 19.8 Å². The van der Waals surface area contributed by atoms with Gasteiger partial charge in [-0.25, -0.2) is 4.79 Å². The van der Waals surface area contributed by atoms with Gasteiger partial charge in [0.2, 0.25) is 0 Å². The van der Waals surface area contributed by atoms with E-state index in [0.717, 1.165) is 23.9 Å².